The van der Waals surface area contributed by atoms with Crippen molar-refractivity contribution in [1.82, 2.24) is 19.4 Å². The Morgan fingerprint density at radius 3 is 2.69 bits per heavy atom. The van der Waals surface area contributed by atoms with Crippen LogP contribution in [0, 0.1) is 17.8 Å². The van der Waals surface area contributed by atoms with Crippen molar-refractivity contribution in [1.29, 1.82) is 0 Å². The first kappa shape index (κ1) is 22.9. The fourth-order valence-electron chi connectivity index (χ4n) is 8.27. The van der Waals surface area contributed by atoms with E-state index in [0.717, 1.165) is 19.3 Å². The highest BCUT2D eigenvalue weighted by atomic mass is 19.1. The molecule has 3 aliphatic heterocycles. The second kappa shape index (κ2) is 8.94. The van der Waals surface area contributed by atoms with E-state index in [9.17, 15) is 9.59 Å². The summed E-state index contributed by atoms with van der Waals surface area (Å²) in [6.45, 7) is 1.92. The summed E-state index contributed by atoms with van der Waals surface area (Å²) in [5.74, 6) is 0.106. The molecule has 8 nitrogen and oxygen atoms in total. The van der Waals surface area contributed by atoms with Crippen molar-refractivity contribution in [3.63, 3.8) is 0 Å². The molecule has 0 aromatic carbocycles. The van der Waals surface area contributed by atoms with Crippen LogP contribution >= 0.6 is 0 Å². The Balaban J connectivity index is 1.31. The maximum absolute atomic E-state index is 15.9. The van der Waals surface area contributed by atoms with Gasteiger partial charge >= 0.3 is 0 Å². The van der Waals surface area contributed by atoms with Gasteiger partial charge in [0.2, 0.25) is 0 Å². The topological polar surface area (TPSA) is 76.9 Å². The molecule has 0 bridgehead atoms. The number of rotatable bonds is 2. The van der Waals surface area contributed by atoms with E-state index in [0.29, 0.717) is 38.1 Å². The molecule has 4 heterocycles. The van der Waals surface area contributed by atoms with E-state index in [1.54, 1.807) is 23.6 Å². The third-order valence-electron chi connectivity index (χ3n) is 9.84. The third kappa shape index (κ3) is 3.49. The van der Waals surface area contributed by atoms with Crippen LogP contribution in [0.1, 0.15) is 51.0 Å². The molecular formula is C27H35FN4O4. The van der Waals surface area contributed by atoms with E-state index < -0.39 is 24.2 Å². The van der Waals surface area contributed by atoms with Gasteiger partial charge in [0.05, 0.1) is 49.3 Å². The molecule has 1 aromatic rings. The number of amides is 1. The van der Waals surface area contributed by atoms with Crippen molar-refractivity contribution in [2.75, 3.05) is 26.3 Å². The van der Waals surface area contributed by atoms with Gasteiger partial charge in [-0.15, -0.1) is 0 Å². The number of carbonyl (C=O) groups is 2. The van der Waals surface area contributed by atoms with Crippen molar-refractivity contribution >= 4 is 11.7 Å². The maximum Gasteiger partial charge on any atom is 0.259 e. The maximum atomic E-state index is 15.9. The number of aromatic nitrogens is 2. The average Bonchev–Trinajstić information content (AvgIpc) is 3.44. The van der Waals surface area contributed by atoms with Gasteiger partial charge in [0.1, 0.15) is 12.3 Å². The summed E-state index contributed by atoms with van der Waals surface area (Å²) >= 11 is 0. The summed E-state index contributed by atoms with van der Waals surface area (Å²) in [5.41, 5.74) is 0.226. The first-order valence-corrected chi connectivity index (χ1v) is 13.8. The number of nitrogens with zero attached hydrogens (tertiary/aromatic N) is 4. The van der Waals surface area contributed by atoms with Gasteiger partial charge < -0.3 is 23.8 Å². The minimum Gasteiger partial charge on any atom is -0.378 e. The molecule has 0 N–H and O–H groups in total. The van der Waals surface area contributed by atoms with Gasteiger partial charge in [-0.1, -0.05) is 19.3 Å². The molecule has 194 valence electrons. The molecule has 0 spiro atoms. The van der Waals surface area contributed by atoms with Crippen LogP contribution in [0.2, 0.25) is 0 Å². The molecule has 1 aromatic heterocycles. The molecule has 7 rings (SSSR count). The van der Waals surface area contributed by atoms with Crippen LogP contribution < -0.4 is 0 Å². The van der Waals surface area contributed by atoms with Gasteiger partial charge in [-0.3, -0.25) is 9.59 Å². The standard InChI is InChI=1S/C27H35FN4O4/c28-20-13-18-23-26(24(20)31-8-7-29-15-31)36-21-6-5-16-3-1-2-4-17(16)22(21)32(23)14-19(25(18)33)27(34)30-9-11-35-12-10-30/h7-8,14-18,20-24,26H,1-6,9-13H2. The Labute approximate surface area is 210 Å². The summed E-state index contributed by atoms with van der Waals surface area (Å²) in [5, 5.41) is 0. The molecule has 9 heteroatoms. The summed E-state index contributed by atoms with van der Waals surface area (Å²) < 4.78 is 30.0. The van der Waals surface area contributed by atoms with Crippen molar-refractivity contribution in [2.24, 2.45) is 17.8 Å². The molecule has 6 aliphatic rings. The zero-order valence-corrected chi connectivity index (χ0v) is 20.6. The second-order valence-corrected chi connectivity index (χ2v) is 11.5. The molecular weight excluding hydrogens is 463 g/mol. The number of hydrogen-bond donors (Lipinski definition) is 0. The van der Waals surface area contributed by atoms with Gasteiger partial charge in [-0.25, -0.2) is 9.37 Å². The van der Waals surface area contributed by atoms with Crippen LogP contribution in [-0.2, 0) is 19.1 Å². The number of halogens is 1. The molecule has 36 heavy (non-hydrogen) atoms. The van der Waals surface area contributed by atoms with Crippen molar-refractivity contribution in [3.8, 4) is 0 Å². The van der Waals surface area contributed by atoms with E-state index >= 15 is 4.39 Å². The SMILES string of the molecule is O=C1C(C(=O)N2CCOCC2)=CN2C3C(CCC4CCCCC43)OC3C2C1CC(F)C3n1ccnc1. The quantitative estimate of drug-likeness (QED) is 0.584. The average molecular weight is 499 g/mol. The van der Waals surface area contributed by atoms with Gasteiger partial charge in [-0.05, 0) is 37.5 Å². The highest BCUT2D eigenvalue weighted by Gasteiger charge is 2.61. The number of carbonyl (C=O) groups excluding carboxylic acids is 2. The minimum atomic E-state index is -1.25. The molecule has 9 unspecified atom stereocenters. The Kier molecular flexibility index (Phi) is 5.69. The monoisotopic (exact) mass is 498 g/mol. The van der Waals surface area contributed by atoms with Gasteiger partial charge in [0.15, 0.2) is 5.78 Å². The number of hydrogen-bond acceptors (Lipinski definition) is 6. The van der Waals surface area contributed by atoms with Crippen molar-refractivity contribution in [2.45, 2.75) is 81.5 Å². The highest BCUT2D eigenvalue weighted by molar-refractivity contribution is 6.20. The van der Waals surface area contributed by atoms with Gasteiger partial charge in [0, 0.05) is 37.6 Å². The predicted octanol–water partition coefficient (Wildman–Crippen LogP) is 2.51. The van der Waals surface area contributed by atoms with Gasteiger partial charge in [-0.2, -0.15) is 0 Å². The molecule has 1 amide bonds. The number of morpholine rings is 2. The lowest BCUT2D eigenvalue weighted by Gasteiger charge is -2.62. The first-order valence-electron chi connectivity index (χ1n) is 13.8. The molecule has 2 saturated heterocycles. The van der Waals surface area contributed by atoms with Crippen molar-refractivity contribution < 1.29 is 23.5 Å². The lowest BCUT2D eigenvalue weighted by Crippen LogP contribution is -2.71. The number of alkyl halides is 1. The fourth-order valence-corrected chi connectivity index (χ4v) is 8.27. The Morgan fingerprint density at radius 1 is 1.06 bits per heavy atom. The number of imidazole rings is 1. The van der Waals surface area contributed by atoms with Crippen LogP contribution in [0.5, 0.6) is 0 Å². The van der Waals surface area contributed by atoms with Crippen LogP contribution in [0.25, 0.3) is 0 Å². The second-order valence-electron chi connectivity index (χ2n) is 11.5. The van der Waals surface area contributed by atoms with E-state index in [-0.39, 0.29) is 41.9 Å². The minimum absolute atomic E-state index is 0.0215. The van der Waals surface area contributed by atoms with Gasteiger partial charge in [0.25, 0.3) is 5.91 Å². The fraction of sp³-hybridized carbons (Fsp3) is 0.741. The molecule has 0 radical (unpaired) electrons. The lowest BCUT2D eigenvalue weighted by atomic mass is 9.63. The van der Waals surface area contributed by atoms with Crippen LogP contribution in [-0.4, -0.2) is 87.8 Å². The zero-order valence-electron chi connectivity index (χ0n) is 20.6. The summed E-state index contributed by atoms with van der Waals surface area (Å²) in [7, 11) is 0. The van der Waals surface area contributed by atoms with E-state index in [4.69, 9.17) is 9.47 Å². The van der Waals surface area contributed by atoms with E-state index in [1.165, 1.54) is 19.3 Å². The predicted molar refractivity (Wildman–Crippen MR) is 128 cm³/mol. The summed E-state index contributed by atoms with van der Waals surface area (Å²) in [4.78, 5) is 35.6. The van der Waals surface area contributed by atoms with E-state index in [1.807, 2.05) is 10.8 Å². The molecule has 9 atom stereocenters. The summed E-state index contributed by atoms with van der Waals surface area (Å²) in [6, 6.07) is -0.660. The largest absolute Gasteiger partial charge is 0.378 e. The molecule has 5 fully saturated rings. The van der Waals surface area contributed by atoms with Crippen LogP contribution in [0.4, 0.5) is 4.39 Å². The smallest absolute Gasteiger partial charge is 0.259 e. The zero-order chi connectivity index (χ0) is 24.4. The highest BCUT2D eigenvalue weighted by Crippen LogP contribution is 2.53. The molecule has 3 saturated carbocycles. The molecule has 3 aliphatic carbocycles. The Hall–Kier alpha value is -2.26. The van der Waals surface area contributed by atoms with Crippen LogP contribution in [0.15, 0.2) is 30.5 Å². The third-order valence-corrected chi connectivity index (χ3v) is 9.84. The number of fused-ring (bicyclic) bond motifs is 4. The number of Topliss-reactive ketones (excluding diaryl/α,β-unsaturated/α-hetero) is 1. The lowest BCUT2D eigenvalue weighted by molar-refractivity contribution is -0.220. The first-order chi connectivity index (χ1) is 17.6. The Bertz CT molecular complexity index is 1040. The van der Waals surface area contributed by atoms with Crippen molar-refractivity contribution in [3.05, 3.63) is 30.5 Å². The number of ether oxygens (including phenoxy) is 2. The number of ketones is 1. The normalized spacial score (nSPS) is 42.2. The van der Waals surface area contributed by atoms with Crippen LogP contribution in [0.3, 0.4) is 0 Å². The van der Waals surface area contributed by atoms with E-state index in [2.05, 4.69) is 9.88 Å². The Morgan fingerprint density at radius 2 is 1.89 bits per heavy atom. The summed E-state index contributed by atoms with van der Waals surface area (Å²) in [6.07, 6.45) is 12.3.